The molecule has 0 bridgehead atoms. The Balaban J connectivity index is 1.49. The number of hydrogen-bond acceptors (Lipinski definition) is 4. The Kier molecular flexibility index (Phi) is 7.72. The molecule has 0 heterocycles. The standard InChI is InChI=1S/C23H20F3N3OS/c24-23(25,26)20-8-4-7-19(13-20)15-30-21-11-9-17(10-12-21)14-28-29-22(27)31-16-18-5-2-1-3-6-18/h1-14H,15-16H2,(H2,27,29). The first kappa shape index (κ1) is 22.4. The summed E-state index contributed by atoms with van der Waals surface area (Å²) in [6.45, 7) is 0.0385. The fourth-order valence-electron chi connectivity index (χ4n) is 2.57. The largest absolute Gasteiger partial charge is 0.489 e. The minimum Gasteiger partial charge on any atom is -0.489 e. The highest BCUT2D eigenvalue weighted by Gasteiger charge is 2.30. The molecule has 0 atom stereocenters. The number of rotatable bonds is 7. The van der Waals surface area contributed by atoms with Crippen LogP contribution in [0, 0.1) is 0 Å². The zero-order chi connectivity index (χ0) is 22.1. The monoisotopic (exact) mass is 443 g/mol. The van der Waals surface area contributed by atoms with Gasteiger partial charge in [-0.15, -0.1) is 5.10 Å². The van der Waals surface area contributed by atoms with Crippen molar-refractivity contribution >= 4 is 23.1 Å². The van der Waals surface area contributed by atoms with Gasteiger partial charge in [-0.1, -0.05) is 54.2 Å². The highest BCUT2D eigenvalue weighted by Crippen LogP contribution is 2.29. The second-order valence-electron chi connectivity index (χ2n) is 6.51. The van der Waals surface area contributed by atoms with Gasteiger partial charge in [0.1, 0.15) is 12.4 Å². The highest BCUT2D eigenvalue weighted by atomic mass is 32.2. The van der Waals surface area contributed by atoms with Crippen LogP contribution in [0.3, 0.4) is 0 Å². The van der Waals surface area contributed by atoms with Crippen LogP contribution in [0.5, 0.6) is 5.75 Å². The number of nitrogens with two attached hydrogens (primary N) is 1. The molecule has 0 spiro atoms. The summed E-state index contributed by atoms with van der Waals surface area (Å²) in [5, 5.41) is 8.31. The third kappa shape index (κ3) is 7.49. The molecule has 0 amide bonds. The van der Waals surface area contributed by atoms with Crippen molar-refractivity contribution in [2.45, 2.75) is 18.5 Å². The Labute approximate surface area is 182 Å². The van der Waals surface area contributed by atoms with Crippen molar-refractivity contribution < 1.29 is 17.9 Å². The van der Waals surface area contributed by atoms with Crippen molar-refractivity contribution in [1.29, 1.82) is 0 Å². The van der Waals surface area contributed by atoms with Crippen molar-refractivity contribution in [3.8, 4) is 5.75 Å². The van der Waals surface area contributed by atoms with Gasteiger partial charge in [0.25, 0.3) is 0 Å². The van der Waals surface area contributed by atoms with Gasteiger partial charge < -0.3 is 10.5 Å². The van der Waals surface area contributed by atoms with E-state index in [1.54, 1.807) is 36.5 Å². The summed E-state index contributed by atoms with van der Waals surface area (Å²) in [6.07, 6.45) is -2.81. The molecule has 3 aromatic rings. The summed E-state index contributed by atoms with van der Waals surface area (Å²) in [5.74, 6) is 1.25. The van der Waals surface area contributed by atoms with E-state index in [1.807, 2.05) is 30.3 Å². The maximum atomic E-state index is 12.8. The minimum absolute atomic E-state index is 0.0385. The fourth-order valence-corrected chi connectivity index (χ4v) is 3.18. The first-order chi connectivity index (χ1) is 14.9. The smallest absolute Gasteiger partial charge is 0.416 e. The molecule has 160 valence electrons. The van der Waals surface area contributed by atoms with Crippen molar-refractivity contribution in [2.75, 3.05) is 0 Å². The molecule has 8 heteroatoms. The van der Waals surface area contributed by atoms with Crippen LogP contribution >= 0.6 is 11.8 Å². The molecule has 0 radical (unpaired) electrons. The van der Waals surface area contributed by atoms with E-state index in [0.29, 0.717) is 22.2 Å². The second-order valence-corrected chi connectivity index (χ2v) is 7.51. The molecular formula is C23H20F3N3OS. The summed E-state index contributed by atoms with van der Waals surface area (Å²) in [5.41, 5.74) is 7.54. The zero-order valence-electron chi connectivity index (χ0n) is 16.4. The molecule has 2 N–H and O–H groups in total. The average molecular weight is 443 g/mol. The van der Waals surface area contributed by atoms with Gasteiger partial charge in [-0.05, 0) is 53.1 Å². The van der Waals surface area contributed by atoms with Gasteiger partial charge in [0, 0.05) is 5.75 Å². The van der Waals surface area contributed by atoms with Crippen molar-refractivity contribution in [3.63, 3.8) is 0 Å². The first-order valence-electron chi connectivity index (χ1n) is 9.32. The van der Waals surface area contributed by atoms with E-state index in [9.17, 15) is 13.2 Å². The third-order valence-electron chi connectivity index (χ3n) is 4.13. The Morgan fingerprint density at radius 1 is 0.935 bits per heavy atom. The average Bonchev–Trinajstić information content (AvgIpc) is 2.77. The molecule has 4 nitrogen and oxygen atoms in total. The predicted molar refractivity (Wildman–Crippen MR) is 119 cm³/mol. The maximum Gasteiger partial charge on any atom is 0.416 e. The number of ether oxygens (including phenoxy) is 1. The van der Waals surface area contributed by atoms with E-state index in [1.165, 1.54) is 17.8 Å². The number of nitrogens with zero attached hydrogens (tertiary/aromatic N) is 2. The summed E-state index contributed by atoms with van der Waals surface area (Å²) in [4.78, 5) is 0. The van der Waals surface area contributed by atoms with E-state index in [4.69, 9.17) is 10.5 Å². The van der Waals surface area contributed by atoms with Crippen molar-refractivity contribution in [1.82, 2.24) is 0 Å². The van der Waals surface area contributed by atoms with Crippen molar-refractivity contribution in [2.24, 2.45) is 15.9 Å². The van der Waals surface area contributed by atoms with Gasteiger partial charge in [-0.25, -0.2) is 0 Å². The SMILES string of the molecule is NC(=NN=Cc1ccc(OCc2cccc(C(F)(F)F)c2)cc1)SCc1ccccc1. The lowest BCUT2D eigenvalue weighted by Crippen LogP contribution is -2.06. The van der Waals surface area contributed by atoms with Crippen LogP contribution in [-0.4, -0.2) is 11.4 Å². The molecular weight excluding hydrogens is 423 g/mol. The van der Waals surface area contributed by atoms with E-state index in [-0.39, 0.29) is 6.61 Å². The lowest BCUT2D eigenvalue weighted by molar-refractivity contribution is -0.137. The third-order valence-corrected chi connectivity index (χ3v) is 4.99. The number of thioether (sulfide) groups is 1. The summed E-state index contributed by atoms with van der Waals surface area (Å²) in [6, 6.07) is 22.0. The molecule has 31 heavy (non-hydrogen) atoms. The number of halogens is 3. The van der Waals surface area contributed by atoms with Gasteiger partial charge in [-0.3, -0.25) is 0 Å². The van der Waals surface area contributed by atoms with E-state index < -0.39 is 11.7 Å². The van der Waals surface area contributed by atoms with E-state index >= 15 is 0 Å². The zero-order valence-corrected chi connectivity index (χ0v) is 17.2. The molecule has 3 rings (SSSR count). The Hall–Kier alpha value is -3.26. The normalized spacial score (nSPS) is 12.3. The molecule has 0 aromatic heterocycles. The summed E-state index contributed by atoms with van der Waals surface area (Å²) >= 11 is 1.40. The first-order valence-corrected chi connectivity index (χ1v) is 10.3. The van der Waals surface area contributed by atoms with E-state index in [0.717, 1.165) is 23.3 Å². The quantitative estimate of drug-likeness (QED) is 0.282. The Bertz CT molecular complexity index is 1040. The van der Waals surface area contributed by atoms with Crippen molar-refractivity contribution in [3.05, 3.63) is 101 Å². The molecule has 0 saturated carbocycles. The molecule has 0 fully saturated rings. The molecule has 0 unspecified atom stereocenters. The lowest BCUT2D eigenvalue weighted by atomic mass is 10.1. The number of benzene rings is 3. The number of alkyl halides is 3. The van der Waals surface area contributed by atoms with Crippen LogP contribution in [0.4, 0.5) is 13.2 Å². The van der Waals surface area contributed by atoms with Gasteiger partial charge >= 0.3 is 6.18 Å². The lowest BCUT2D eigenvalue weighted by Gasteiger charge is -2.10. The number of hydrogen-bond donors (Lipinski definition) is 1. The van der Waals surface area contributed by atoms with Crippen LogP contribution in [0.2, 0.25) is 0 Å². The van der Waals surface area contributed by atoms with Crippen LogP contribution in [-0.2, 0) is 18.5 Å². The predicted octanol–water partition coefficient (Wildman–Crippen LogP) is 5.87. The molecule has 0 aliphatic heterocycles. The molecule has 3 aromatic carbocycles. The highest BCUT2D eigenvalue weighted by molar-refractivity contribution is 8.13. The maximum absolute atomic E-state index is 12.8. The van der Waals surface area contributed by atoms with Gasteiger partial charge in [0.05, 0.1) is 11.8 Å². The second kappa shape index (κ2) is 10.7. The van der Waals surface area contributed by atoms with Gasteiger partial charge in [-0.2, -0.15) is 18.3 Å². The minimum atomic E-state index is -4.37. The Morgan fingerprint density at radius 2 is 1.65 bits per heavy atom. The fraction of sp³-hybridized carbons (Fsp3) is 0.130. The Morgan fingerprint density at radius 3 is 2.35 bits per heavy atom. The van der Waals surface area contributed by atoms with Gasteiger partial charge in [0.2, 0.25) is 0 Å². The van der Waals surface area contributed by atoms with E-state index in [2.05, 4.69) is 10.2 Å². The van der Waals surface area contributed by atoms with Crippen LogP contribution in [0.15, 0.2) is 89.1 Å². The van der Waals surface area contributed by atoms with Crippen LogP contribution < -0.4 is 10.5 Å². The number of amidine groups is 1. The van der Waals surface area contributed by atoms with Crippen LogP contribution in [0.1, 0.15) is 22.3 Å². The summed E-state index contributed by atoms with van der Waals surface area (Å²) in [7, 11) is 0. The molecule has 0 saturated heterocycles. The van der Waals surface area contributed by atoms with Crippen LogP contribution in [0.25, 0.3) is 0 Å². The molecule has 0 aliphatic rings. The van der Waals surface area contributed by atoms with Gasteiger partial charge in [0.15, 0.2) is 5.17 Å². The molecule has 0 aliphatic carbocycles. The summed E-state index contributed by atoms with van der Waals surface area (Å²) < 4.78 is 43.9. The topological polar surface area (TPSA) is 60.0 Å².